The van der Waals surface area contributed by atoms with Crippen molar-refractivity contribution in [1.82, 2.24) is 0 Å². The molecule has 0 aliphatic rings. The SMILES string of the molecule is CC(C)CC(CO)COCc1ccccc1. The first-order valence-electron chi connectivity index (χ1n) is 5.95. The van der Waals surface area contributed by atoms with Crippen LogP contribution in [0.15, 0.2) is 30.3 Å². The van der Waals surface area contributed by atoms with Crippen LogP contribution in [0, 0.1) is 11.8 Å². The van der Waals surface area contributed by atoms with Gasteiger partial charge in [-0.2, -0.15) is 0 Å². The summed E-state index contributed by atoms with van der Waals surface area (Å²) in [5.74, 6) is 0.876. The first-order chi connectivity index (χ1) is 7.72. The fourth-order valence-corrected chi connectivity index (χ4v) is 1.78. The molecule has 16 heavy (non-hydrogen) atoms. The maximum Gasteiger partial charge on any atom is 0.0717 e. The first kappa shape index (κ1) is 13.2. The Morgan fingerprint density at radius 3 is 2.44 bits per heavy atom. The molecule has 0 spiro atoms. The molecule has 2 heteroatoms. The third kappa shape index (κ3) is 5.29. The van der Waals surface area contributed by atoms with E-state index in [2.05, 4.69) is 26.0 Å². The van der Waals surface area contributed by atoms with Gasteiger partial charge in [-0.05, 0) is 17.9 Å². The Labute approximate surface area is 98.3 Å². The van der Waals surface area contributed by atoms with Crippen molar-refractivity contribution in [3.63, 3.8) is 0 Å². The molecule has 0 aromatic heterocycles. The van der Waals surface area contributed by atoms with Crippen LogP contribution in [-0.2, 0) is 11.3 Å². The fourth-order valence-electron chi connectivity index (χ4n) is 1.78. The van der Waals surface area contributed by atoms with Crippen molar-refractivity contribution in [3.05, 3.63) is 35.9 Å². The van der Waals surface area contributed by atoms with Gasteiger partial charge in [0.15, 0.2) is 0 Å². The van der Waals surface area contributed by atoms with Crippen LogP contribution in [0.3, 0.4) is 0 Å². The zero-order chi connectivity index (χ0) is 11.8. The quantitative estimate of drug-likeness (QED) is 0.768. The Kier molecular flexibility index (Phi) is 6.12. The Morgan fingerprint density at radius 1 is 1.19 bits per heavy atom. The summed E-state index contributed by atoms with van der Waals surface area (Å²) in [7, 11) is 0. The van der Waals surface area contributed by atoms with E-state index in [1.165, 1.54) is 5.56 Å². The van der Waals surface area contributed by atoms with Crippen LogP contribution >= 0.6 is 0 Å². The lowest BCUT2D eigenvalue weighted by atomic mass is 9.99. The standard InChI is InChI=1S/C14H22O2/c1-12(2)8-14(9-15)11-16-10-13-6-4-3-5-7-13/h3-7,12,14-15H,8-11H2,1-2H3. The second kappa shape index (κ2) is 7.42. The average molecular weight is 222 g/mol. The summed E-state index contributed by atoms with van der Waals surface area (Å²) in [4.78, 5) is 0. The lowest BCUT2D eigenvalue weighted by Crippen LogP contribution is -2.16. The van der Waals surface area contributed by atoms with Crippen LogP contribution in [0.2, 0.25) is 0 Å². The monoisotopic (exact) mass is 222 g/mol. The Morgan fingerprint density at radius 2 is 1.88 bits per heavy atom. The lowest BCUT2D eigenvalue weighted by molar-refractivity contribution is 0.0547. The van der Waals surface area contributed by atoms with Gasteiger partial charge in [0.05, 0.1) is 13.2 Å². The smallest absolute Gasteiger partial charge is 0.0717 e. The number of rotatable bonds is 7. The van der Waals surface area contributed by atoms with E-state index in [1.807, 2.05) is 18.2 Å². The average Bonchev–Trinajstić information content (AvgIpc) is 2.28. The number of ether oxygens (including phenoxy) is 1. The van der Waals surface area contributed by atoms with E-state index in [-0.39, 0.29) is 12.5 Å². The van der Waals surface area contributed by atoms with Crippen molar-refractivity contribution < 1.29 is 9.84 Å². The van der Waals surface area contributed by atoms with Gasteiger partial charge in [-0.1, -0.05) is 44.2 Å². The van der Waals surface area contributed by atoms with Crippen LogP contribution in [0.5, 0.6) is 0 Å². The highest BCUT2D eigenvalue weighted by atomic mass is 16.5. The summed E-state index contributed by atoms with van der Waals surface area (Å²) < 4.78 is 5.61. The van der Waals surface area contributed by atoms with E-state index in [0.29, 0.717) is 19.1 Å². The van der Waals surface area contributed by atoms with Crippen molar-refractivity contribution in [2.75, 3.05) is 13.2 Å². The van der Waals surface area contributed by atoms with Gasteiger partial charge in [0.2, 0.25) is 0 Å². The zero-order valence-electron chi connectivity index (χ0n) is 10.2. The molecule has 0 bridgehead atoms. The van der Waals surface area contributed by atoms with E-state index in [1.54, 1.807) is 0 Å². The molecule has 1 aromatic carbocycles. The Hall–Kier alpha value is -0.860. The minimum Gasteiger partial charge on any atom is -0.396 e. The number of hydrogen-bond donors (Lipinski definition) is 1. The summed E-state index contributed by atoms with van der Waals surface area (Å²) in [6, 6.07) is 10.1. The number of hydrogen-bond acceptors (Lipinski definition) is 2. The zero-order valence-corrected chi connectivity index (χ0v) is 10.2. The summed E-state index contributed by atoms with van der Waals surface area (Å²) >= 11 is 0. The minimum absolute atomic E-state index is 0.215. The van der Waals surface area contributed by atoms with Gasteiger partial charge < -0.3 is 9.84 Å². The van der Waals surface area contributed by atoms with Crippen LogP contribution < -0.4 is 0 Å². The number of aliphatic hydroxyl groups is 1. The Balaban J connectivity index is 2.23. The predicted octanol–water partition coefficient (Wildman–Crippen LogP) is 2.86. The molecule has 0 fully saturated rings. The summed E-state index contributed by atoms with van der Waals surface area (Å²) in [5.41, 5.74) is 1.18. The molecule has 0 amide bonds. The summed E-state index contributed by atoms with van der Waals surface area (Å²) in [6.45, 7) is 5.83. The third-order valence-electron chi connectivity index (χ3n) is 2.53. The second-order valence-electron chi connectivity index (χ2n) is 4.68. The molecule has 1 rings (SSSR count). The molecule has 0 saturated heterocycles. The minimum atomic E-state index is 0.215. The molecule has 0 aliphatic carbocycles. The normalized spacial score (nSPS) is 13.0. The molecule has 0 radical (unpaired) electrons. The molecule has 0 saturated carbocycles. The molecule has 0 heterocycles. The molecule has 1 unspecified atom stereocenters. The topological polar surface area (TPSA) is 29.5 Å². The van der Waals surface area contributed by atoms with Crippen molar-refractivity contribution in [1.29, 1.82) is 0 Å². The van der Waals surface area contributed by atoms with Gasteiger partial charge in [0.1, 0.15) is 0 Å². The molecule has 1 N–H and O–H groups in total. The number of aliphatic hydroxyl groups excluding tert-OH is 1. The predicted molar refractivity (Wildman–Crippen MR) is 66.1 cm³/mol. The molecule has 0 aliphatic heterocycles. The molecular formula is C14H22O2. The van der Waals surface area contributed by atoms with E-state index >= 15 is 0 Å². The molecule has 2 nitrogen and oxygen atoms in total. The highest BCUT2D eigenvalue weighted by Gasteiger charge is 2.09. The van der Waals surface area contributed by atoms with Crippen LogP contribution in [0.4, 0.5) is 0 Å². The number of benzene rings is 1. The largest absolute Gasteiger partial charge is 0.396 e. The van der Waals surface area contributed by atoms with Crippen LogP contribution in [-0.4, -0.2) is 18.3 Å². The van der Waals surface area contributed by atoms with Crippen LogP contribution in [0.1, 0.15) is 25.8 Å². The maximum absolute atomic E-state index is 9.19. The molecule has 90 valence electrons. The molecule has 1 atom stereocenters. The van der Waals surface area contributed by atoms with E-state index < -0.39 is 0 Å². The summed E-state index contributed by atoms with van der Waals surface area (Å²) in [5, 5.41) is 9.19. The van der Waals surface area contributed by atoms with Gasteiger partial charge in [-0.15, -0.1) is 0 Å². The van der Waals surface area contributed by atoms with Crippen LogP contribution in [0.25, 0.3) is 0 Å². The van der Waals surface area contributed by atoms with E-state index in [9.17, 15) is 5.11 Å². The van der Waals surface area contributed by atoms with Gasteiger partial charge in [0.25, 0.3) is 0 Å². The fraction of sp³-hybridized carbons (Fsp3) is 0.571. The third-order valence-corrected chi connectivity index (χ3v) is 2.53. The van der Waals surface area contributed by atoms with Crippen molar-refractivity contribution in [3.8, 4) is 0 Å². The van der Waals surface area contributed by atoms with E-state index in [0.717, 1.165) is 6.42 Å². The van der Waals surface area contributed by atoms with Gasteiger partial charge in [-0.3, -0.25) is 0 Å². The highest BCUT2D eigenvalue weighted by molar-refractivity contribution is 5.13. The first-order valence-corrected chi connectivity index (χ1v) is 5.95. The van der Waals surface area contributed by atoms with Gasteiger partial charge in [-0.25, -0.2) is 0 Å². The van der Waals surface area contributed by atoms with Crippen molar-refractivity contribution >= 4 is 0 Å². The van der Waals surface area contributed by atoms with Crippen molar-refractivity contribution in [2.45, 2.75) is 26.9 Å². The van der Waals surface area contributed by atoms with Gasteiger partial charge >= 0.3 is 0 Å². The van der Waals surface area contributed by atoms with Gasteiger partial charge in [0, 0.05) is 12.5 Å². The molecular weight excluding hydrogens is 200 g/mol. The van der Waals surface area contributed by atoms with Crippen molar-refractivity contribution in [2.24, 2.45) is 11.8 Å². The Bertz CT molecular complexity index is 269. The summed E-state index contributed by atoms with van der Waals surface area (Å²) in [6.07, 6.45) is 1.02. The molecule has 1 aromatic rings. The maximum atomic E-state index is 9.19. The lowest BCUT2D eigenvalue weighted by Gasteiger charge is -2.16. The second-order valence-corrected chi connectivity index (χ2v) is 4.68. The van der Waals surface area contributed by atoms with E-state index in [4.69, 9.17) is 4.74 Å². The highest BCUT2D eigenvalue weighted by Crippen LogP contribution is 2.12.